The molecule has 4 aromatic rings. The van der Waals surface area contributed by atoms with Crippen molar-refractivity contribution in [3.8, 4) is 0 Å². The van der Waals surface area contributed by atoms with Gasteiger partial charge in [0.05, 0.1) is 5.02 Å². The fraction of sp³-hybridized carbons (Fsp3) is 0.0455. The van der Waals surface area contributed by atoms with Crippen molar-refractivity contribution in [2.75, 3.05) is 6.61 Å². The number of carbonyl (C=O) groups is 2. The van der Waals surface area contributed by atoms with Crippen LogP contribution in [0.1, 0.15) is 20.7 Å². The molecule has 4 rings (SSSR count). The summed E-state index contributed by atoms with van der Waals surface area (Å²) >= 11 is 12.0. The lowest BCUT2D eigenvalue weighted by molar-refractivity contribution is 0.0471. The Morgan fingerprint density at radius 2 is 1.66 bits per heavy atom. The zero-order chi connectivity index (χ0) is 20.5. The highest BCUT2D eigenvalue weighted by molar-refractivity contribution is 6.38. The number of carbonyl (C=O) groups excluding carboxylic acids is 2. The highest BCUT2D eigenvalue weighted by Crippen LogP contribution is 2.27. The number of fused-ring (bicyclic) bond motifs is 2. The van der Waals surface area contributed by atoms with Gasteiger partial charge in [-0.1, -0.05) is 65.7 Å². The lowest BCUT2D eigenvalue weighted by Crippen LogP contribution is -2.20. The molecule has 0 aliphatic carbocycles. The molecule has 1 heterocycles. The largest absolute Gasteiger partial charge is 0.453 e. The molecule has 0 unspecified atom stereocenters. The van der Waals surface area contributed by atoms with Crippen molar-refractivity contribution in [3.05, 3.63) is 92.3 Å². The van der Waals surface area contributed by atoms with Gasteiger partial charge < -0.3 is 9.15 Å². The molecule has 1 aromatic heterocycles. The van der Waals surface area contributed by atoms with Crippen molar-refractivity contribution in [2.45, 2.75) is 0 Å². The summed E-state index contributed by atoms with van der Waals surface area (Å²) in [5, 5.41) is 2.49. The number of ketones is 1. The van der Waals surface area contributed by atoms with Crippen LogP contribution >= 0.6 is 23.2 Å². The van der Waals surface area contributed by atoms with Crippen molar-refractivity contribution in [3.63, 3.8) is 0 Å². The second kappa shape index (κ2) is 7.70. The molecule has 0 spiro atoms. The first-order valence-electron chi connectivity index (χ1n) is 8.55. The minimum Gasteiger partial charge on any atom is -0.453 e. The summed E-state index contributed by atoms with van der Waals surface area (Å²) in [6.07, 6.45) is 0. The molecular weight excluding hydrogens is 415 g/mol. The van der Waals surface area contributed by atoms with Crippen LogP contribution in [0.2, 0.25) is 10.0 Å². The molecule has 0 radical (unpaired) electrons. The van der Waals surface area contributed by atoms with Crippen molar-refractivity contribution in [1.82, 2.24) is 0 Å². The molecule has 7 heteroatoms. The van der Waals surface area contributed by atoms with E-state index in [0.717, 1.165) is 10.8 Å². The molecule has 29 heavy (non-hydrogen) atoms. The summed E-state index contributed by atoms with van der Waals surface area (Å²) in [7, 11) is 0. The molecule has 0 bridgehead atoms. The van der Waals surface area contributed by atoms with Crippen LogP contribution in [-0.4, -0.2) is 18.4 Å². The van der Waals surface area contributed by atoms with Crippen LogP contribution in [0.3, 0.4) is 0 Å². The van der Waals surface area contributed by atoms with Gasteiger partial charge in [0.15, 0.2) is 12.2 Å². The topological polar surface area (TPSA) is 73.6 Å². The molecular formula is C22H12Cl2O5. The fourth-order valence-electron chi connectivity index (χ4n) is 3.05. The van der Waals surface area contributed by atoms with Crippen molar-refractivity contribution < 1.29 is 18.7 Å². The molecule has 5 nitrogen and oxygen atoms in total. The summed E-state index contributed by atoms with van der Waals surface area (Å²) in [4.78, 5) is 37.1. The number of esters is 1. The smallest absolute Gasteiger partial charge is 0.351 e. The number of hydrogen-bond donors (Lipinski definition) is 0. The molecule has 0 atom stereocenters. The van der Waals surface area contributed by atoms with E-state index < -0.39 is 18.2 Å². The van der Waals surface area contributed by atoms with Crippen LogP contribution in [0, 0.1) is 0 Å². The van der Waals surface area contributed by atoms with E-state index in [-0.39, 0.29) is 22.0 Å². The Hall–Kier alpha value is -3.15. The maximum Gasteiger partial charge on any atom is 0.351 e. The van der Waals surface area contributed by atoms with E-state index in [1.165, 1.54) is 18.2 Å². The van der Waals surface area contributed by atoms with Crippen LogP contribution in [0.4, 0.5) is 0 Å². The minimum absolute atomic E-state index is 0.115. The van der Waals surface area contributed by atoms with E-state index in [4.69, 9.17) is 32.4 Å². The van der Waals surface area contributed by atoms with E-state index in [1.54, 1.807) is 12.1 Å². The summed E-state index contributed by atoms with van der Waals surface area (Å²) < 4.78 is 10.2. The summed E-state index contributed by atoms with van der Waals surface area (Å²) in [6.45, 7) is -0.513. The predicted octanol–water partition coefficient (Wildman–Crippen LogP) is 5.29. The van der Waals surface area contributed by atoms with Crippen LogP contribution in [-0.2, 0) is 4.74 Å². The molecule has 0 N–H and O–H groups in total. The highest BCUT2D eigenvalue weighted by atomic mass is 35.5. The fourth-order valence-corrected chi connectivity index (χ4v) is 3.60. The van der Waals surface area contributed by atoms with E-state index in [0.29, 0.717) is 16.0 Å². The van der Waals surface area contributed by atoms with Gasteiger partial charge in [0.2, 0.25) is 5.78 Å². The Kier molecular flexibility index (Phi) is 5.09. The lowest BCUT2D eigenvalue weighted by Gasteiger charge is -2.07. The molecule has 0 aliphatic rings. The first-order chi connectivity index (χ1) is 13.9. The number of ether oxygens (including phenoxy) is 1. The number of Topliss-reactive ketones (excluding diaryl/α,β-unsaturated/α-hetero) is 1. The predicted molar refractivity (Wildman–Crippen MR) is 111 cm³/mol. The molecule has 0 amide bonds. The quantitative estimate of drug-likeness (QED) is 0.251. The Morgan fingerprint density at radius 3 is 2.48 bits per heavy atom. The van der Waals surface area contributed by atoms with Gasteiger partial charge >= 0.3 is 11.6 Å². The van der Waals surface area contributed by atoms with Crippen molar-refractivity contribution in [1.29, 1.82) is 0 Å². The third kappa shape index (κ3) is 3.75. The molecule has 0 saturated carbocycles. The number of benzene rings is 3. The van der Waals surface area contributed by atoms with Gasteiger partial charge in [-0.25, -0.2) is 9.59 Å². The van der Waals surface area contributed by atoms with Crippen molar-refractivity contribution >= 4 is 56.7 Å². The third-order valence-corrected chi connectivity index (χ3v) is 4.89. The van der Waals surface area contributed by atoms with Gasteiger partial charge in [0.1, 0.15) is 5.56 Å². The Balaban J connectivity index is 1.59. The maximum absolute atomic E-state index is 12.6. The summed E-state index contributed by atoms with van der Waals surface area (Å²) in [5.41, 5.74) is -0.713. The van der Waals surface area contributed by atoms with Gasteiger partial charge in [-0.3, -0.25) is 4.79 Å². The monoisotopic (exact) mass is 426 g/mol. The Labute approximate surface area is 174 Å². The standard InChI is InChI=1S/C22H12Cl2O5/c23-14-8-13-9-17(22(27)29-20(13)18(24)10-14)21(26)28-11-19(25)16-7-3-5-12-4-1-2-6-15(12)16/h1-10H,11H2. The van der Waals surface area contributed by atoms with Crippen LogP contribution in [0.5, 0.6) is 0 Å². The van der Waals surface area contributed by atoms with Gasteiger partial charge in [-0.05, 0) is 29.0 Å². The van der Waals surface area contributed by atoms with Crippen LogP contribution in [0.15, 0.2) is 69.9 Å². The number of rotatable bonds is 4. The Bertz CT molecular complexity index is 1340. The minimum atomic E-state index is -0.967. The molecule has 0 saturated heterocycles. The lowest BCUT2D eigenvalue weighted by atomic mass is 10.0. The molecule has 144 valence electrons. The van der Waals surface area contributed by atoms with E-state index in [2.05, 4.69) is 0 Å². The third-order valence-electron chi connectivity index (χ3n) is 4.40. The molecule has 0 aliphatic heterocycles. The van der Waals surface area contributed by atoms with E-state index in [1.807, 2.05) is 30.3 Å². The van der Waals surface area contributed by atoms with Crippen LogP contribution < -0.4 is 5.63 Å². The second-order valence-electron chi connectivity index (χ2n) is 6.28. The Morgan fingerprint density at radius 1 is 0.897 bits per heavy atom. The first-order valence-corrected chi connectivity index (χ1v) is 9.30. The van der Waals surface area contributed by atoms with Crippen molar-refractivity contribution in [2.24, 2.45) is 0 Å². The second-order valence-corrected chi connectivity index (χ2v) is 7.12. The van der Waals surface area contributed by atoms with Gasteiger partial charge in [0, 0.05) is 16.0 Å². The zero-order valence-corrected chi connectivity index (χ0v) is 16.3. The SMILES string of the molecule is O=C(OCC(=O)c1cccc2ccccc12)c1cc2cc(Cl)cc(Cl)c2oc1=O. The average Bonchev–Trinajstić information content (AvgIpc) is 2.71. The normalized spacial score (nSPS) is 11.0. The molecule has 3 aromatic carbocycles. The number of halogens is 2. The number of hydrogen-bond acceptors (Lipinski definition) is 5. The van der Waals surface area contributed by atoms with Crippen LogP contribution in [0.25, 0.3) is 21.7 Å². The average molecular weight is 427 g/mol. The van der Waals surface area contributed by atoms with Gasteiger partial charge in [-0.2, -0.15) is 0 Å². The first kappa shape index (κ1) is 19.2. The van der Waals surface area contributed by atoms with E-state index >= 15 is 0 Å². The van der Waals surface area contributed by atoms with Gasteiger partial charge in [-0.15, -0.1) is 0 Å². The van der Waals surface area contributed by atoms with E-state index in [9.17, 15) is 14.4 Å². The molecule has 0 fully saturated rings. The maximum atomic E-state index is 12.6. The highest BCUT2D eigenvalue weighted by Gasteiger charge is 2.19. The summed E-state index contributed by atoms with van der Waals surface area (Å²) in [6, 6.07) is 16.9. The van der Waals surface area contributed by atoms with Gasteiger partial charge in [0.25, 0.3) is 0 Å². The zero-order valence-electron chi connectivity index (χ0n) is 14.8. The summed E-state index contributed by atoms with van der Waals surface area (Å²) in [5.74, 6) is -1.35.